The van der Waals surface area contributed by atoms with E-state index >= 15 is 0 Å². The first-order valence-corrected chi connectivity index (χ1v) is 11.7. The monoisotopic (exact) mass is 452 g/mol. The number of hydrogen-bond acceptors (Lipinski definition) is 8. The van der Waals surface area contributed by atoms with E-state index in [2.05, 4.69) is 0 Å². The summed E-state index contributed by atoms with van der Waals surface area (Å²) in [7, 11) is -6.23. The first kappa shape index (κ1) is 25.2. The normalized spacial score (nSPS) is 15.4. The summed E-state index contributed by atoms with van der Waals surface area (Å²) in [5.74, 6) is 0. The Hall–Kier alpha value is -0.790. The van der Waals surface area contributed by atoms with Crippen LogP contribution in [-0.2, 0) is 37.6 Å². The van der Waals surface area contributed by atoms with Crippen molar-refractivity contribution in [2.24, 2.45) is 0 Å². The fourth-order valence-electron chi connectivity index (χ4n) is 2.28. The molecule has 0 aliphatic rings. The summed E-state index contributed by atoms with van der Waals surface area (Å²) in [6, 6.07) is 5.85. The van der Waals surface area contributed by atoms with Crippen molar-refractivity contribution in [1.82, 2.24) is 0 Å². The van der Waals surface area contributed by atoms with Crippen LogP contribution in [0.1, 0.15) is 40.2 Å². The van der Waals surface area contributed by atoms with Gasteiger partial charge < -0.3 is 14.2 Å². The zero-order valence-electron chi connectivity index (χ0n) is 16.7. The van der Waals surface area contributed by atoms with Crippen LogP contribution in [0.15, 0.2) is 29.2 Å². The molecular formula is C17H26O8P2S. The topological polar surface area (TPSA) is 105 Å². The first-order valence-electron chi connectivity index (χ1n) is 8.68. The van der Waals surface area contributed by atoms with Crippen LogP contribution in [-0.4, -0.2) is 38.3 Å². The Labute approximate surface area is 169 Å². The van der Waals surface area contributed by atoms with Gasteiger partial charge in [-0.1, -0.05) is 17.7 Å². The zero-order valence-corrected chi connectivity index (χ0v) is 19.3. The van der Waals surface area contributed by atoms with Crippen molar-refractivity contribution in [2.45, 2.75) is 69.7 Å². The van der Waals surface area contributed by atoms with Crippen LogP contribution in [0.25, 0.3) is 0 Å². The Morgan fingerprint density at radius 3 is 1.75 bits per heavy atom. The lowest BCUT2D eigenvalue weighted by Crippen LogP contribution is -2.56. The largest absolute Gasteiger partial charge is 0.335 e. The van der Waals surface area contributed by atoms with Crippen LogP contribution < -0.4 is 0 Å². The minimum Gasteiger partial charge on any atom is -0.335 e. The summed E-state index contributed by atoms with van der Waals surface area (Å²) in [4.78, 5) is -0.184. The fourth-order valence-corrected chi connectivity index (χ4v) is 5.16. The van der Waals surface area contributed by atoms with E-state index in [0.717, 1.165) is 5.56 Å². The summed E-state index contributed by atoms with van der Waals surface area (Å²) in [5, 5.41) is 0. The minimum atomic E-state index is -4.47. The molecule has 0 N–H and O–H groups in total. The summed E-state index contributed by atoms with van der Waals surface area (Å²) >= 11 is 0. The predicted molar refractivity (Wildman–Crippen MR) is 104 cm³/mol. The van der Waals surface area contributed by atoms with E-state index in [0.29, 0.717) is 0 Å². The highest BCUT2D eigenvalue weighted by molar-refractivity contribution is 7.87. The predicted octanol–water partition coefficient (Wildman–Crippen LogP) is 4.48. The molecule has 0 bridgehead atoms. The number of aryl methyl sites for hydroxylation is 1. The van der Waals surface area contributed by atoms with Gasteiger partial charge in [0.05, 0.1) is 17.1 Å². The summed E-state index contributed by atoms with van der Waals surface area (Å²) in [6.07, 6.45) is -1.15. The molecule has 11 heteroatoms. The molecule has 0 aromatic heterocycles. The Morgan fingerprint density at radius 2 is 1.39 bits per heavy atom. The molecule has 28 heavy (non-hydrogen) atoms. The van der Waals surface area contributed by atoms with Crippen LogP contribution in [0.5, 0.6) is 0 Å². The van der Waals surface area contributed by atoms with Crippen molar-refractivity contribution in [3.63, 3.8) is 0 Å². The second kappa shape index (κ2) is 10.3. The second-order valence-electron chi connectivity index (χ2n) is 6.46. The molecule has 0 amide bonds. The SMILES string of the molecule is CCOC(OS(=O)(=O)c1ccc(C)cc1)(P=O)C(OC(C)C)(OC(C)C)P=O. The van der Waals surface area contributed by atoms with Gasteiger partial charge in [0.2, 0.25) is 16.9 Å². The Morgan fingerprint density at radius 1 is 0.929 bits per heavy atom. The van der Waals surface area contributed by atoms with E-state index in [1.165, 1.54) is 12.1 Å². The Bertz CT molecular complexity index is 754. The molecular weight excluding hydrogens is 426 g/mol. The second-order valence-corrected chi connectivity index (χ2v) is 9.55. The first-order chi connectivity index (χ1) is 13.0. The molecule has 0 aliphatic heterocycles. The fraction of sp³-hybridized carbons (Fsp3) is 0.647. The van der Waals surface area contributed by atoms with E-state index in [1.807, 2.05) is 0 Å². The Balaban J connectivity index is 3.58. The zero-order chi connectivity index (χ0) is 21.6. The molecule has 1 rings (SSSR count). The van der Waals surface area contributed by atoms with Crippen LogP contribution in [0.2, 0.25) is 0 Å². The van der Waals surface area contributed by atoms with Gasteiger partial charge in [0.25, 0.3) is 0 Å². The van der Waals surface area contributed by atoms with Crippen molar-refractivity contribution >= 4 is 27.0 Å². The van der Waals surface area contributed by atoms with Gasteiger partial charge in [-0.3, -0.25) is 9.13 Å². The smallest absolute Gasteiger partial charge is 0.334 e. The molecule has 0 aliphatic carbocycles. The molecule has 0 spiro atoms. The van der Waals surface area contributed by atoms with E-state index in [9.17, 15) is 17.5 Å². The third-order valence-corrected chi connectivity index (χ3v) is 6.41. The molecule has 1 atom stereocenters. The molecule has 0 heterocycles. The quantitative estimate of drug-likeness (QED) is 0.260. The third-order valence-electron chi connectivity index (χ3n) is 3.30. The highest BCUT2D eigenvalue weighted by Crippen LogP contribution is 2.50. The van der Waals surface area contributed by atoms with Crippen LogP contribution in [0, 0.1) is 6.92 Å². The van der Waals surface area contributed by atoms with Crippen molar-refractivity contribution in [2.75, 3.05) is 6.61 Å². The van der Waals surface area contributed by atoms with Gasteiger partial charge in [0, 0.05) is 6.61 Å². The summed E-state index contributed by atoms with van der Waals surface area (Å²) < 4.78 is 72.1. The average Bonchev–Trinajstić information content (AvgIpc) is 2.59. The van der Waals surface area contributed by atoms with Crippen LogP contribution in [0.4, 0.5) is 0 Å². The summed E-state index contributed by atoms with van der Waals surface area (Å²) in [6.45, 7) is 9.71. The lowest BCUT2D eigenvalue weighted by Gasteiger charge is -2.40. The van der Waals surface area contributed by atoms with E-state index in [-0.39, 0.29) is 11.5 Å². The van der Waals surface area contributed by atoms with E-state index < -0.39 is 50.3 Å². The highest BCUT2D eigenvalue weighted by atomic mass is 32.2. The number of benzene rings is 1. The number of hydrogen-bond donors (Lipinski definition) is 0. The molecule has 158 valence electrons. The van der Waals surface area contributed by atoms with Crippen molar-refractivity contribution in [3.8, 4) is 0 Å². The standard InChI is InChI=1S/C17H26O8P2S/c1-7-22-16(26-18,17(27-19,23-12(2)3)24-13(4)5)25-28(20,21)15-10-8-14(6)9-11-15/h8-13H,7H2,1-6H3. The number of rotatable bonds is 12. The lowest BCUT2D eigenvalue weighted by molar-refractivity contribution is -0.323. The van der Waals surface area contributed by atoms with Gasteiger partial charge in [-0.2, -0.15) is 8.42 Å². The molecule has 8 nitrogen and oxygen atoms in total. The Kier molecular flexibility index (Phi) is 9.29. The van der Waals surface area contributed by atoms with Gasteiger partial charge in [-0.15, -0.1) is 0 Å². The lowest BCUT2D eigenvalue weighted by atomic mass is 10.2. The molecule has 0 saturated carbocycles. The third kappa shape index (κ3) is 5.86. The van der Waals surface area contributed by atoms with Crippen molar-refractivity contribution in [1.29, 1.82) is 0 Å². The van der Waals surface area contributed by atoms with Gasteiger partial charge in [-0.05, 0) is 53.7 Å². The molecule has 0 fully saturated rings. The van der Waals surface area contributed by atoms with Gasteiger partial charge in [0.1, 0.15) is 0 Å². The van der Waals surface area contributed by atoms with E-state index in [1.54, 1.807) is 53.7 Å². The van der Waals surface area contributed by atoms with E-state index in [4.69, 9.17) is 18.4 Å². The van der Waals surface area contributed by atoms with Gasteiger partial charge in [0.15, 0.2) is 0 Å². The van der Waals surface area contributed by atoms with Gasteiger partial charge in [-0.25, -0.2) is 4.18 Å². The molecule has 0 saturated heterocycles. The summed E-state index contributed by atoms with van der Waals surface area (Å²) in [5.41, 5.74) is -3.99. The van der Waals surface area contributed by atoms with Gasteiger partial charge >= 0.3 is 21.2 Å². The van der Waals surface area contributed by atoms with Crippen molar-refractivity contribution < 1.29 is 35.9 Å². The van der Waals surface area contributed by atoms with Crippen molar-refractivity contribution in [3.05, 3.63) is 29.8 Å². The number of ether oxygens (including phenoxy) is 3. The molecule has 0 radical (unpaired) electrons. The van der Waals surface area contributed by atoms with Crippen LogP contribution in [0.3, 0.4) is 0 Å². The molecule has 1 unspecified atom stereocenters. The molecule has 1 aromatic rings. The maximum absolute atomic E-state index is 12.9. The maximum atomic E-state index is 12.9. The maximum Gasteiger partial charge on any atom is 0.334 e. The molecule has 1 aromatic carbocycles. The highest BCUT2D eigenvalue weighted by Gasteiger charge is 2.63. The van der Waals surface area contributed by atoms with Crippen LogP contribution >= 0.6 is 16.9 Å². The average molecular weight is 452 g/mol. The minimum absolute atomic E-state index is 0.112.